The Morgan fingerprint density at radius 1 is 1.14 bits per heavy atom. The van der Waals surface area contributed by atoms with E-state index in [1.807, 2.05) is 6.07 Å². The van der Waals surface area contributed by atoms with Gasteiger partial charge < -0.3 is 5.32 Å². The van der Waals surface area contributed by atoms with Crippen LogP contribution in [0.25, 0.3) is 0 Å². The molecule has 2 aromatic rings. The fourth-order valence-electron chi connectivity index (χ4n) is 1.79. The van der Waals surface area contributed by atoms with E-state index in [1.165, 1.54) is 37.4 Å². The third kappa shape index (κ3) is 3.49. The van der Waals surface area contributed by atoms with E-state index >= 15 is 0 Å². The Hall–Kier alpha value is -2.69. The van der Waals surface area contributed by atoms with E-state index in [9.17, 15) is 13.2 Å². The summed E-state index contributed by atoms with van der Waals surface area (Å²) in [4.78, 5) is 12.2. The van der Waals surface area contributed by atoms with E-state index in [-0.39, 0.29) is 10.5 Å². The molecular formula is C15H13N3O3S. The maximum Gasteiger partial charge on any atom is 0.255 e. The fraction of sp³-hybridized carbons (Fsp3) is 0.0667. The highest BCUT2D eigenvalue weighted by Gasteiger charge is 2.14. The molecule has 0 saturated carbocycles. The molecule has 0 aliphatic rings. The summed E-state index contributed by atoms with van der Waals surface area (Å²) < 4.78 is 25.7. The average molecular weight is 315 g/mol. The second-order valence-electron chi connectivity index (χ2n) is 4.38. The third-order valence-corrected chi connectivity index (χ3v) is 4.34. The molecule has 0 fully saturated rings. The first kappa shape index (κ1) is 15.7. The molecule has 0 unspecified atom stereocenters. The zero-order chi connectivity index (χ0) is 16.2. The van der Waals surface area contributed by atoms with Gasteiger partial charge in [0.1, 0.15) is 0 Å². The number of benzene rings is 2. The molecule has 0 heterocycles. The molecule has 6 nitrogen and oxygen atoms in total. The van der Waals surface area contributed by atoms with Crippen molar-refractivity contribution in [3.05, 3.63) is 59.7 Å². The van der Waals surface area contributed by atoms with Crippen molar-refractivity contribution in [2.75, 3.05) is 12.4 Å². The highest BCUT2D eigenvalue weighted by atomic mass is 32.2. The predicted octanol–water partition coefficient (Wildman–Crippen LogP) is 1.72. The van der Waals surface area contributed by atoms with Crippen molar-refractivity contribution in [3.8, 4) is 6.07 Å². The summed E-state index contributed by atoms with van der Waals surface area (Å²) in [6.45, 7) is 0. The van der Waals surface area contributed by atoms with Gasteiger partial charge in [-0.1, -0.05) is 12.1 Å². The van der Waals surface area contributed by atoms with Crippen LogP contribution in [0.4, 0.5) is 5.69 Å². The molecule has 1 amide bonds. The maximum absolute atomic E-state index is 12.2. The lowest BCUT2D eigenvalue weighted by Gasteiger charge is -2.07. The lowest BCUT2D eigenvalue weighted by Crippen LogP contribution is -2.19. The molecule has 7 heteroatoms. The predicted molar refractivity (Wildman–Crippen MR) is 81.8 cm³/mol. The Labute approximate surface area is 128 Å². The van der Waals surface area contributed by atoms with Crippen molar-refractivity contribution >= 4 is 21.6 Å². The standard InChI is InChI=1S/C15H13N3O3S/c1-17-22(20,21)14-7-3-5-12(9-14)15(19)18-13-6-2-4-11(8-13)10-16/h2-9,17H,1H3,(H,18,19). The summed E-state index contributed by atoms with van der Waals surface area (Å²) in [7, 11) is -2.31. The van der Waals surface area contributed by atoms with Crippen molar-refractivity contribution in [2.45, 2.75) is 4.90 Å². The minimum absolute atomic E-state index is 0.00780. The van der Waals surface area contributed by atoms with Crippen LogP contribution in [0.15, 0.2) is 53.4 Å². The number of anilines is 1. The van der Waals surface area contributed by atoms with Crippen LogP contribution >= 0.6 is 0 Å². The highest BCUT2D eigenvalue weighted by molar-refractivity contribution is 7.89. The van der Waals surface area contributed by atoms with Crippen LogP contribution in [0.1, 0.15) is 15.9 Å². The number of hydrogen-bond acceptors (Lipinski definition) is 4. The quantitative estimate of drug-likeness (QED) is 0.897. The van der Waals surface area contributed by atoms with Gasteiger partial charge in [-0.2, -0.15) is 5.26 Å². The summed E-state index contributed by atoms with van der Waals surface area (Å²) in [5.41, 5.74) is 1.09. The first-order valence-corrected chi connectivity index (χ1v) is 7.80. The van der Waals surface area contributed by atoms with Crippen LogP contribution in [0.5, 0.6) is 0 Å². The number of hydrogen-bond donors (Lipinski definition) is 2. The summed E-state index contributed by atoms with van der Waals surface area (Å²) in [5, 5.41) is 11.5. The minimum atomic E-state index is -3.61. The molecule has 0 spiro atoms. The number of amides is 1. The van der Waals surface area contributed by atoms with E-state index in [2.05, 4.69) is 10.0 Å². The third-order valence-electron chi connectivity index (χ3n) is 2.92. The number of sulfonamides is 1. The van der Waals surface area contributed by atoms with Crippen LogP contribution in [-0.2, 0) is 10.0 Å². The van der Waals surface area contributed by atoms with E-state index in [4.69, 9.17) is 5.26 Å². The zero-order valence-electron chi connectivity index (χ0n) is 11.7. The molecule has 0 bridgehead atoms. The van der Waals surface area contributed by atoms with Gasteiger partial charge in [-0.05, 0) is 43.4 Å². The summed E-state index contributed by atoms with van der Waals surface area (Å²) in [6, 6.07) is 14.1. The van der Waals surface area contributed by atoms with Crippen LogP contribution in [-0.4, -0.2) is 21.4 Å². The number of nitrogens with zero attached hydrogens (tertiary/aromatic N) is 1. The largest absolute Gasteiger partial charge is 0.322 e. The van der Waals surface area contributed by atoms with E-state index in [0.29, 0.717) is 11.3 Å². The molecule has 2 N–H and O–H groups in total. The van der Waals surface area contributed by atoms with Crippen molar-refractivity contribution in [1.82, 2.24) is 4.72 Å². The molecule has 22 heavy (non-hydrogen) atoms. The van der Waals surface area contributed by atoms with Gasteiger partial charge in [0, 0.05) is 11.3 Å². The zero-order valence-corrected chi connectivity index (χ0v) is 12.5. The molecule has 2 rings (SSSR count). The van der Waals surface area contributed by atoms with E-state index < -0.39 is 15.9 Å². The monoisotopic (exact) mass is 315 g/mol. The second kappa shape index (κ2) is 6.39. The van der Waals surface area contributed by atoms with Gasteiger partial charge >= 0.3 is 0 Å². The van der Waals surface area contributed by atoms with Crippen LogP contribution in [0.3, 0.4) is 0 Å². The Balaban J connectivity index is 2.27. The van der Waals surface area contributed by atoms with Crippen molar-refractivity contribution < 1.29 is 13.2 Å². The van der Waals surface area contributed by atoms with E-state index in [1.54, 1.807) is 18.2 Å². The molecule has 0 aromatic heterocycles. The number of carbonyl (C=O) groups is 1. The Kier molecular flexibility index (Phi) is 4.56. The van der Waals surface area contributed by atoms with Crippen molar-refractivity contribution in [3.63, 3.8) is 0 Å². The van der Waals surface area contributed by atoms with Gasteiger partial charge in [0.25, 0.3) is 5.91 Å². The van der Waals surface area contributed by atoms with Crippen LogP contribution in [0, 0.1) is 11.3 Å². The molecule has 0 atom stereocenters. The molecule has 112 valence electrons. The average Bonchev–Trinajstić information content (AvgIpc) is 2.55. The Morgan fingerprint density at radius 3 is 2.55 bits per heavy atom. The molecule has 0 aliphatic heterocycles. The molecular weight excluding hydrogens is 302 g/mol. The Morgan fingerprint density at radius 2 is 1.86 bits per heavy atom. The van der Waals surface area contributed by atoms with Gasteiger partial charge in [0.2, 0.25) is 10.0 Å². The first-order valence-electron chi connectivity index (χ1n) is 6.31. The van der Waals surface area contributed by atoms with Gasteiger partial charge in [0.15, 0.2) is 0 Å². The van der Waals surface area contributed by atoms with Crippen LogP contribution < -0.4 is 10.0 Å². The maximum atomic E-state index is 12.2. The van der Waals surface area contributed by atoms with Gasteiger partial charge in [0.05, 0.1) is 16.5 Å². The summed E-state index contributed by atoms with van der Waals surface area (Å²) >= 11 is 0. The minimum Gasteiger partial charge on any atom is -0.322 e. The number of carbonyl (C=O) groups excluding carboxylic acids is 1. The van der Waals surface area contributed by atoms with Crippen molar-refractivity contribution in [1.29, 1.82) is 5.26 Å². The topological polar surface area (TPSA) is 99.1 Å². The summed E-state index contributed by atoms with van der Waals surface area (Å²) in [5.74, 6) is -0.455. The Bertz CT molecular complexity index is 854. The first-order chi connectivity index (χ1) is 10.5. The molecule has 0 aliphatic carbocycles. The molecule has 2 aromatic carbocycles. The lowest BCUT2D eigenvalue weighted by atomic mass is 10.2. The van der Waals surface area contributed by atoms with Crippen molar-refractivity contribution in [2.24, 2.45) is 0 Å². The number of nitriles is 1. The second-order valence-corrected chi connectivity index (χ2v) is 6.27. The molecule has 0 saturated heterocycles. The smallest absolute Gasteiger partial charge is 0.255 e. The highest BCUT2D eigenvalue weighted by Crippen LogP contribution is 2.14. The van der Waals surface area contributed by atoms with Gasteiger partial charge in [-0.3, -0.25) is 4.79 Å². The number of nitrogens with one attached hydrogen (secondary N) is 2. The SMILES string of the molecule is CNS(=O)(=O)c1cccc(C(=O)Nc2cccc(C#N)c2)c1. The lowest BCUT2D eigenvalue weighted by molar-refractivity contribution is 0.102. The normalized spacial score (nSPS) is 10.7. The fourth-order valence-corrected chi connectivity index (χ4v) is 2.57. The van der Waals surface area contributed by atoms with Crippen LogP contribution in [0.2, 0.25) is 0 Å². The van der Waals surface area contributed by atoms with Gasteiger partial charge in [-0.15, -0.1) is 0 Å². The van der Waals surface area contributed by atoms with Gasteiger partial charge in [-0.25, -0.2) is 13.1 Å². The number of rotatable bonds is 4. The molecule has 0 radical (unpaired) electrons. The van der Waals surface area contributed by atoms with E-state index in [0.717, 1.165) is 0 Å². The summed E-state index contributed by atoms with van der Waals surface area (Å²) in [6.07, 6.45) is 0.